The molecule has 0 amide bonds. The molecule has 0 radical (unpaired) electrons. The number of ether oxygens (including phenoxy) is 1. The summed E-state index contributed by atoms with van der Waals surface area (Å²) in [5.41, 5.74) is 7.84. The summed E-state index contributed by atoms with van der Waals surface area (Å²) < 4.78 is 5.12. The van der Waals surface area contributed by atoms with Gasteiger partial charge in [0.15, 0.2) is 6.10 Å². The summed E-state index contributed by atoms with van der Waals surface area (Å²) in [5.74, 6) is -1.39. The molecule has 0 spiro atoms. The predicted octanol–water partition coefficient (Wildman–Crippen LogP) is 4.53. The first-order valence-corrected chi connectivity index (χ1v) is 14.2. The second kappa shape index (κ2) is 30.0. The van der Waals surface area contributed by atoms with E-state index in [0.29, 0.717) is 19.4 Å². The Labute approximate surface area is 248 Å². The van der Waals surface area contributed by atoms with Crippen LogP contribution in [0.4, 0.5) is 0 Å². The van der Waals surface area contributed by atoms with Crippen LogP contribution in [0, 0.1) is 0 Å². The third-order valence-corrected chi connectivity index (χ3v) is 5.94. The molecule has 0 aromatic heterocycles. The monoisotopic (exact) mass is 587 g/mol. The lowest BCUT2D eigenvalue weighted by Gasteiger charge is -2.10. The lowest BCUT2D eigenvalue weighted by atomic mass is 10.1. The van der Waals surface area contributed by atoms with Crippen molar-refractivity contribution in [2.45, 2.75) is 96.1 Å². The van der Waals surface area contributed by atoms with Crippen molar-refractivity contribution in [1.82, 2.24) is 0 Å². The van der Waals surface area contributed by atoms with Gasteiger partial charge in [0.25, 0.3) is 0 Å². The molecule has 0 aliphatic rings. The number of aliphatic hydroxyl groups excluding tert-OH is 1. The fourth-order valence-corrected chi connectivity index (χ4v) is 3.71. The maximum atomic E-state index is 11.6. The zero-order chi connectivity index (χ0) is 31.8. The zero-order valence-electron chi connectivity index (χ0n) is 24.5. The summed E-state index contributed by atoms with van der Waals surface area (Å²) in [7, 11) is 0. The molecule has 10 nitrogen and oxygen atoms in total. The molecule has 0 aliphatic heterocycles. The maximum Gasteiger partial charge on any atom is 0.373 e. The molecule has 0 saturated carbocycles. The number of aryl methyl sites for hydroxylation is 2. The molecule has 0 aliphatic carbocycles. The molecule has 0 unspecified atom stereocenters. The number of carboxylic acid groups (broad SMARTS) is 1. The van der Waals surface area contributed by atoms with E-state index in [1.807, 2.05) is 48.5 Å². The van der Waals surface area contributed by atoms with Gasteiger partial charge in [-0.05, 0) is 56.1 Å². The Kier molecular flexibility index (Phi) is 28.7. The van der Waals surface area contributed by atoms with Crippen LogP contribution >= 0.6 is 0 Å². The molecule has 2 aromatic rings. The SMILES string of the molecule is CCCCCCCCOC(=O)[C@@H](O)CCCc1ccccc1.N[C@@H](CCCc1ccccc1)C(=O)O.O=C=O.O=C=O. The van der Waals surface area contributed by atoms with Gasteiger partial charge in [0.2, 0.25) is 0 Å². The number of carboxylic acids is 1. The molecule has 0 fully saturated rings. The van der Waals surface area contributed by atoms with Crippen LogP contribution in [0.1, 0.15) is 82.3 Å². The first-order valence-electron chi connectivity index (χ1n) is 14.2. The van der Waals surface area contributed by atoms with Crippen molar-refractivity contribution >= 4 is 24.2 Å². The second-order valence-electron chi connectivity index (χ2n) is 9.32. The number of hydrogen-bond acceptors (Lipinski definition) is 9. The average molecular weight is 588 g/mol. The highest BCUT2D eigenvalue weighted by atomic mass is 16.5. The normalized spacial score (nSPS) is 10.8. The summed E-state index contributed by atoms with van der Waals surface area (Å²) in [4.78, 5) is 54.6. The van der Waals surface area contributed by atoms with Gasteiger partial charge in [-0.15, -0.1) is 0 Å². The van der Waals surface area contributed by atoms with E-state index in [1.54, 1.807) is 0 Å². The van der Waals surface area contributed by atoms with Crippen LogP contribution in [-0.2, 0) is 46.3 Å². The van der Waals surface area contributed by atoms with Gasteiger partial charge < -0.3 is 20.7 Å². The minimum absolute atomic E-state index is 0.250. The minimum Gasteiger partial charge on any atom is -0.480 e. The number of nitrogens with two attached hydrogens (primary N) is 1. The topological polar surface area (TPSA) is 178 Å². The van der Waals surface area contributed by atoms with Crippen molar-refractivity contribution in [3.63, 3.8) is 0 Å². The number of esters is 1. The van der Waals surface area contributed by atoms with Gasteiger partial charge in [-0.1, -0.05) is 99.7 Å². The molecule has 0 heterocycles. The van der Waals surface area contributed by atoms with E-state index in [2.05, 4.69) is 19.1 Å². The van der Waals surface area contributed by atoms with Crippen molar-refractivity contribution in [3.8, 4) is 0 Å². The number of aliphatic hydroxyl groups is 1. The van der Waals surface area contributed by atoms with Gasteiger partial charge in [0.05, 0.1) is 6.61 Å². The molecule has 2 atom stereocenters. The molecule has 2 aromatic carbocycles. The van der Waals surface area contributed by atoms with Gasteiger partial charge in [0.1, 0.15) is 6.04 Å². The van der Waals surface area contributed by atoms with Gasteiger partial charge >= 0.3 is 24.2 Å². The van der Waals surface area contributed by atoms with E-state index in [0.717, 1.165) is 38.5 Å². The molecule has 232 valence electrons. The lowest BCUT2D eigenvalue weighted by molar-refractivity contribution is -0.193. The molecular weight excluding hydrogens is 542 g/mol. The molecule has 42 heavy (non-hydrogen) atoms. The number of benzene rings is 2. The first kappa shape index (κ1) is 40.2. The Bertz CT molecular complexity index is 976. The van der Waals surface area contributed by atoms with Crippen LogP contribution in [0.25, 0.3) is 0 Å². The van der Waals surface area contributed by atoms with Crippen LogP contribution in [0.2, 0.25) is 0 Å². The Hall–Kier alpha value is -3.94. The van der Waals surface area contributed by atoms with Crippen LogP contribution in [0.5, 0.6) is 0 Å². The van der Waals surface area contributed by atoms with Gasteiger partial charge in [-0.2, -0.15) is 19.2 Å². The molecule has 0 saturated heterocycles. The lowest BCUT2D eigenvalue weighted by Crippen LogP contribution is -2.29. The Morgan fingerprint density at radius 3 is 1.62 bits per heavy atom. The van der Waals surface area contributed by atoms with Crippen molar-refractivity contribution in [1.29, 1.82) is 0 Å². The second-order valence-corrected chi connectivity index (χ2v) is 9.32. The van der Waals surface area contributed by atoms with Gasteiger partial charge in [-0.25, -0.2) is 4.79 Å². The smallest absolute Gasteiger partial charge is 0.373 e. The molecular formula is C32H45NO9. The van der Waals surface area contributed by atoms with Crippen LogP contribution < -0.4 is 5.73 Å². The van der Waals surface area contributed by atoms with Crippen molar-refractivity contribution in [2.24, 2.45) is 5.73 Å². The minimum atomic E-state index is -0.983. The van der Waals surface area contributed by atoms with E-state index >= 15 is 0 Å². The highest BCUT2D eigenvalue weighted by molar-refractivity contribution is 5.74. The van der Waals surface area contributed by atoms with Crippen molar-refractivity contribution < 1.29 is 43.7 Å². The summed E-state index contributed by atoms with van der Waals surface area (Å²) in [6.45, 7) is 2.63. The quantitative estimate of drug-likeness (QED) is 0.176. The van der Waals surface area contributed by atoms with Gasteiger partial charge in [-0.3, -0.25) is 4.79 Å². The molecule has 0 bridgehead atoms. The average Bonchev–Trinajstić information content (AvgIpc) is 2.98. The summed E-state index contributed by atoms with van der Waals surface area (Å²) in [5, 5.41) is 18.3. The number of unbranched alkanes of at least 4 members (excludes halogenated alkanes) is 5. The highest BCUT2D eigenvalue weighted by Crippen LogP contribution is 2.09. The number of hydrogen-bond donors (Lipinski definition) is 3. The fourth-order valence-electron chi connectivity index (χ4n) is 3.71. The standard InChI is InChI=1S/C19H30O3.C11H15NO2.2CO2/c1-2-3-4-5-6-10-16-22-19(21)18(20)15-11-14-17-12-8-7-9-13-17;12-10(11(13)14)8-4-7-9-5-2-1-3-6-9;2*2-1-3/h7-9,12-13,18,20H,2-6,10-11,14-16H2,1H3;1-3,5-6,10H,4,7-8,12H2,(H,13,14);;/t18-;10-;;/m00../s1. The maximum absolute atomic E-state index is 11.6. The predicted molar refractivity (Wildman–Crippen MR) is 155 cm³/mol. The Balaban J connectivity index is 0. The van der Waals surface area contributed by atoms with E-state index < -0.39 is 24.1 Å². The first-order chi connectivity index (χ1) is 20.3. The summed E-state index contributed by atoms with van der Waals surface area (Å²) >= 11 is 0. The Morgan fingerprint density at radius 2 is 1.17 bits per heavy atom. The fraction of sp³-hybridized carbons (Fsp3) is 0.500. The number of carbonyl (C=O) groups is 2. The van der Waals surface area contributed by atoms with E-state index in [-0.39, 0.29) is 12.3 Å². The Morgan fingerprint density at radius 1 is 0.738 bits per heavy atom. The van der Waals surface area contributed by atoms with E-state index in [1.165, 1.54) is 36.8 Å². The largest absolute Gasteiger partial charge is 0.480 e. The number of rotatable bonds is 17. The van der Waals surface area contributed by atoms with Crippen LogP contribution in [-0.4, -0.2) is 53.2 Å². The van der Waals surface area contributed by atoms with Crippen LogP contribution in [0.3, 0.4) is 0 Å². The molecule has 10 heteroatoms. The zero-order valence-corrected chi connectivity index (χ0v) is 24.5. The van der Waals surface area contributed by atoms with E-state index in [9.17, 15) is 14.7 Å². The van der Waals surface area contributed by atoms with Crippen LogP contribution in [0.15, 0.2) is 60.7 Å². The highest BCUT2D eigenvalue weighted by Gasteiger charge is 2.15. The van der Waals surface area contributed by atoms with Crippen molar-refractivity contribution in [2.75, 3.05) is 6.61 Å². The molecule has 4 N–H and O–H groups in total. The molecule has 2 rings (SSSR count). The third-order valence-electron chi connectivity index (χ3n) is 5.94. The number of aliphatic carboxylic acids is 1. The number of carbonyl (C=O) groups excluding carboxylic acids is 5. The summed E-state index contributed by atoms with van der Waals surface area (Å²) in [6, 6.07) is 19.4. The summed E-state index contributed by atoms with van der Waals surface area (Å²) in [6.07, 6.45) is 10.8. The van der Waals surface area contributed by atoms with Crippen molar-refractivity contribution in [3.05, 3.63) is 71.8 Å². The third kappa shape index (κ3) is 26.3. The van der Waals surface area contributed by atoms with E-state index in [4.69, 9.17) is 34.8 Å². The van der Waals surface area contributed by atoms with Gasteiger partial charge in [0, 0.05) is 0 Å².